The second-order valence-corrected chi connectivity index (χ2v) is 4.82. The van der Waals surface area contributed by atoms with Gasteiger partial charge in [0.1, 0.15) is 5.82 Å². The van der Waals surface area contributed by atoms with Gasteiger partial charge in [0.25, 0.3) is 0 Å². The van der Waals surface area contributed by atoms with Gasteiger partial charge in [-0.05, 0) is 41.5 Å². The zero-order valence-electron chi connectivity index (χ0n) is 11.4. The Morgan fingerprint density at radius 3 is 2.50 bits per heavy atom. The Bertz CT molecular complexity index is 827. The molecule has 0 saturated heterocycles. The fourth-order valence-electron chi connectivity index (χ4n) is 2.18. The molecule has 0 aliphatic carbocycles. The van der Waals surface area contributed by atoms with Crippen LogP contribution >= 0.6 is 0 Å². The van der Waals surface area contributed by atoms with Crippen LogP contribution in [0.1, 0.15) is 5.56 Å². The zero-order valence-corrected chi connectivity index (χ0v) is 11.4. The van der Waals surface area contributed by atoms with E-state index < -0.39 is 17.5 Å². The van der Waals surface area contributed by atoms with Crippen LogP contribution in [0.3, 0.4) is 0 Å². The van der Waals surface area contributed by atoms with Gasteiger partial charge in [-0.3, -0.25) is 0 Å². The van der Waals surface area contributed by atoms with Gasteiger partial charge in [0.05, 0.1) is 11.9 Å². The molecule has 3 aromatic rings. The Balaban J connectivity index is 2.00. The SMILES string of the molecule is NCc1cc(F)cc(-c2cnn(-c3ccc(F)c(F)c3)c2)c1. The van der Waals surface area contributed by atoms with Crippen molar-refractivity contribution in [3.05, 3.63) is 71.8 Å². The van der Waals surface area contributed by atoms with E-state index in [1.54, 1.807) is 12.3 Å². The molecule has 0 atom stereocenters. The summed E-state index contributed by atoms with van der Waals surface area (Å²) in [6, 6.07) is 7.97. The smallest absolute Gasteiger partial charge is 0.160 e. The Morgan fingerprint density at radius 1 is 0.955 bits per heavy atom. The van der Waals surface area contributed by atoms with Crippen molar-refractivity contribution in [3.8, 4) is 16.8 Å². The van der Waals surface area contributed by atoms with Gasteiger partial charge in [-0.2, -0.15) is 5.10 Å². The van der Waals surface area contributed by atoms with Crippen LogP contribution in [-0.2, 0) is 6.54 Å². The molecule has 0 spiro atoms. The molecule has 0 fully saturated rings. The first kappa shape index (κ1) is 14.3. The predicted molar refractivity (Wildman–Crippen MR) is 76.8 cm³/mol. The Labute approximate surface area is 124 Å². The summed E-state index contributed by atoms with van der Waals surface area (Å²) in [6.07, 6.45) is 3.14. The van der Waals surface area contributed by atoms with Gasteiger partial charge in [0.2, 0.25) is 0 Å². The average Bonchev–Trinajstić information content (AvgIpc) is 2.99. The predicted octanol–water partition coefficient (Wildman–Crippen LogP) is 3.42. The molecule has 0 radical (unpaired) electrons. The lowest BCUT2D eigenvalue weighted by Gasteiger charge is -2.03. The van der Waals surface area contributed by atoms with Crippen molar-refractivity contribution in [1.82, 2.24) is 9.78 Å². The highest BCUT2D eigenvalue weighted by Gasteiger charge is 2.08. The minimum absolute atomic E-state index is 0.224. The lowest BCUT2D eigenvalue weighted by Crippen LogP contribution is -1.97. The van der Waals surface area contributed by atoms with Crippen molar-refractivity contribution in [3.63, 3.8) is 0 Å². The number of halogens is 3. The van der Waals surface area contributed by atoms with Crippen molar-refractivity contribution >= 4 is 0 Å². The van der Waals surface area contributed by atoms with Gasteiger partial charge in [-0.15, -0.1) is 0 Å². The zero-order chi connectivity index (χ0) is 15.7. The summed E-state index contributed by atoms with van der Waals surface area (Å²) in [5, 5.41) is 4.09. The minimum atomic E-state index is -0.953. The van der Waals surface area contributed by atoms with E-state index in [0.29, 0.717) is 22.4 Å². The molecule has 3 nitrogen and oxygen atoms in total. The molecule has 22 heavy (non-hydrogen) atoms. The van der Waals surface area contributed by atoms with Crippen molar-refractivity contribution in [2.75, 3.05) is 0 Å². The van der Waals surface area contributed by atoms with Gasteiger partial charge >= 0.3 is 0 Å². The first-order valence-electron chi connectivity index (χ1n) is 6.57. The summed E-state index contributed by atoms with van der Waals surface area (Å²) in [6.45, 7) is 0.224. The van der Waals surface area contributed by atoms with E-state index in [1.165, 1.54) is 29.1 Å². The third kappa shape index (κ3) is 2.73. The molecular weight excluding hydrogens is 291 g/mol. The summed E-state index contributed by atoms with van der Waals surface area (Å²) < 4.78 is 41.2. The molecular formula is C16H12F3N3. The van der Waals surface area contributed by atoms with Crippen LogP contribution in [0, 0.1) is 17.5 Å². The van der Waals surface area contributed by atoms with Crippen LogP contribution in [0.5, 0.6) is 0 Å². The molecule has 2 N–H and O–H groups in total. The van der Waals surface area contributed by atoms with E-state index in [9.17, 15) is 13.2 Å². The van der Waals surface area contributed by atoms with Gasteiger partial charge in [-0.1, -0.05) is 0 Å². The number of benzene rings is 2. The van der Waals surface area contributed by atoms with Crippen LogP contribution in [0.25, 0.3) is 16.8 Å². The van der Waals surface area contributed by atoms with Crippen molar-refractivity contribution < 1.29 is 13.2 Å². The van der Waals surface area contributed by atoms with Crippen LogP contribution < -0.4 is 5.73 Å². The van der Waals surface area contributed by atoms with Crippen LogP contribution in [0.4, 0.5) is 13.2 Å². The van der Waals surface area contributed by atoms with Gasteiger partial charge in [0.15, 0.2) is 11.6 Å². The van der Waals surface area contributed by atoms with Crippen LogP contribution in [0.2, 0.25) is 0 Å². The number of aromatic nitrogens is 2. The lowest BCUT2D eigenvalue weighted by atomic mass is 10.1. The van der Waals surface area contributed by atoms with E-state index >= 15 is 0 Å². The number of nitrogens with two attached hydrogens (primary N) is 1. The molecule has 1 heterocycles. The fourth-order valence-corrected chi connectivity index (χ4v) is 2.18. The van der Waals surface area contributed by atoms with E-state index in [2.05, 4.69) is 5.10 Å². The molecule has 0 aliphatic rings. The summed E-state index contributed by atoms with van der Waals surface area (Å²) >= 11 is 0. The quantitative estimate of drug-likeness (QED) is 0.806. The number of rotatable bonds is 3. The monoisotopic (exact) mass is 303 g/mol. The van der Waals surface area contributed by atoms with Crippen molar-refractivity contribution in [2.45, 2.75) is 6.54 Å². The Kier molecular flexibility index (Phi) is 3.68. The fraction of sp³-hybridized carbons (Fsp3) is 0.0625. The summed E-state index contributed by atoms with van der Waals surface area (Å²) in [4.78, 5) is 0. The van der Waals surface area contributed by atoms with E-state index in [-0.39, 0.29) is 6.54 Å². The first-order valence-corrected chi connectivity index (χ1v) is 6.57. The highest BCUT2D eigenvalue weighted by Crippen LogP contribution is 2.23. The molecule has 2 aromatic carbocycles. The highest BCUT2D eigenvalue weighted by atomic mass is 19.2. The molecule has 3 rings (SSSR count). The molecule has 112 valence electrons. The number of hydrogen-bond acceptors (Lipinski definition) is 2. The molecule has 6 heteroatoms. The van der Waals surface area contributed by atoms with Crippen LogP contribution in [0.15, 0.2) is 48.8 Å². The maximum atomic E-state index is 13.6. The maximum Gasteiger partial charge on any atom is 0.160 e. The molecule has 0 unspecified atom stereocenters. The average molecular weight is 303 g/mol. The largest absolute Gasteiger partial charge is 0.326 e. The van der Waals surface area contributed by atoms with Gasteiger partial charge in [0, 0.05) is 24.4 Å². The van der Waals surface area contributed by atoms with Gasteiger partial charge in [-0.25, -0.2) is 17.9 Å². The van der Waals surface area contributed by atoms with Gasteiger partial charge < -0.3 is 5.73 Å². The van der Waals surface area contributed by atoms with Crippen molar-refractivity contribution in [2.24, 2.45) is 5.73 Å². The highest BCUT2D eigenvalue weighted by molar-refractivity contribution is 5.63. The first-order chi connectivity index (χ1) is 10.6. The maximum absolute atomic E-state index is 13.6. The molecule has 0 bridgehead atoms. The van der Waals surface area contributed by atoms with E-state index in [1.807, 2.05) is 0 Å². The normalized spacial score (nSPS) is 10.9. The Hall–Kier alpha value is -2.60. The van der Waals surface area contributed by atoms with Crippen LogP contribution in [-0.4, -0.2) is 9.78 Å². The van der Waals surface area contributed by atoms with E-state index in [0.717, 1.165) is 12.1 Å². The summed E-state index contributed by atoms with van der Waals surface area (Å²) in [5.74, 6) is -2.27. The third-order valence-corrected chi connectivity index (χ3v) is 3.28. The summed E-state index contributed by atoms with van der Waals surface area (Å²) in [7, 11) is 0. The van der Waals surface area contributed by atoms with Crippen molar-refractivity contribution in [1.29, 1.82) is 0 Å². The third-order valence-electron chi connectivity index (χ3n) is 3.28. The number of hydrogen-bond donors (Lipinski definition) is 1. The standard InChI is InChI=1S/C16H12F3N3/c17-13-4-10(7-20)3-11(5-13)12-8-21-22(9-12)14-1-2-15(18)16(19)6-14/h1-6,8-9H,7,20H2. The second-order valence-electron chi connectivity index (χ2n) is 4.82. The molecule has 0 amide bonds. The minimum Gasteiger partial charge on any atom is -0.326 e. The topological polar surface area (TPSA) is 43.8 Å². The van der Waals surface area contributed by atoms with E-state index in [4.69, 9.17) is 5.73 Å². The number of nitrogens with zero attached hydrogens (tertiary/aromatic N) is 2. The Morgan fingerprint density at radius 2 is 1.77 bits per heavy atom. The molecule has 1 aromatic heterocycles. The summed E-state index contributed by atoms with van der Waals surface area (Å²) in [5.41, 5.74) is 7.84. The second kappa shape index (κ2) is 5.65. The molecule has 0 aliphatic heterocycles. The lowest BCUT2D eigenvalue weighted by molar-refractivity contribution is 0.507. The molecule has 0 saturated carbocycles.